The van der Waals surface area contributed by atoms with Crippen LogP contribution < -0.4 is 34.4 Å². The lowest BCUT2D eigenvalue weighted by atomic mass is 9.90. The molecule has 0 aliphatic carbocycles. The summed E-state index contributed by atoms with van der Waals surface area (Å²) in [6, 6.07) is 0. The quantitative estimate of drug-likeness (QED) is 0.352. The lowest BCUT2D eigenvalue weighted by Crippen LogP contribution is -2.32. The van der Waals surface area contributed by atoms with Crippen LogP contribution in [0.5, 0.6) is 0 Å². The van der Waals surface area contributed by atoms with E-state index in [0.717, 1.165) is 0 Å². The second-order valence-corrected chi connectivity index (χ2v) is 4.17. The van der Waals surface area contributed by atoms with Crippen LogP contribution in [-0.2, 0) is 5.54 Å². The fourth-order valence-electron chi connectivity index (χ4n) is 1.54. The Morgan fingerprint density at radius 3 is 1.20 bits per heavy atom. The van der Waals surface area contributed by atoms with Gasteiger partial charge in [-0.2, -0.15) is 0 Å². The molecule has 0 atom stereocenters. The Balaban J connectivity index is 3.68. The van der Waals surface area contributed by atoms with Gasteiger partial charge in [0.2, 0.25) is 0 Å². The van der Waals surface area contributed by atoms with E-state index in [-0.39, 0.29) is 17.1 Å². The van der Waals surface area contributed by atoms with Crippen LogP contribution in [0.4, 0.5) is 28.4 Å². The molecular formula is C9H18N6. The molecule has 1 aromatic carbocycles. The Morgan fingerprint density at radius 2 is 0.933 bits per heavy atom. The number of hydrogen-bond acceptors (Lipinski definition) is 6. The molecule has 1 aromatic rings. The predicted octanol–water partition coefficient (Wildman–Crippen LogP) is -0.209. The van der Waals surface area contributed by atoms with Gasteiger partial charge in [0.05, 0.1) is 28.4 Å². The maximum absolute atomic E-state index is 5.93. The Hall–Kier alpha value is -1.82. The van der Waals surface area contributed by atoms with E-state index >= 15 is 0 Å². The normalized spacial score (nSPS) is 11.7. The molecule has 0 saturated carbocycles. The average Bonchev–Trinajstić information content (AvgIpc) is 2.09. The highest BCUT2D eigenvalue weighted by molar-refractivity contribution is 5.96. The van der Waals surface area contributed by atoms with E-state index in [9.17, 15) is 0 Å². The summed E-state index contributed by atoms with van der Waals surface area (Å²) in [5.74, 6) is 0. The van der Waals surface area contributed by atoms with Crippen molar-refractivity contribution in [2.75, 3.05) is 28.7 Å². The van der Waals surface area contributed by atoms with Crippen molar-refractivity contribution in [3.05, 3.63) is 5.56 Å². The van der Waals surface area contributed by atoms with Gasteiger partial charge in [-0.15, -0.1) is 0 Å². The SMILES string of the molecule is CC(C)(N)c1c(N)c(N)c(N)c(N)c1N. The molecule has 0 aromatic heterocycles. The molecule has 1 rings (SSSR count). The van der Waals surface area contributed by atoms with Crippen molar-refractivity contribution in [3.8, 4) is 0 Å². The van der Waals surface area contributed by atoms with Crippen molar-refractivity contribution in [2.24, 2.45) is 5.73 Å². The summed E-state index contributed by atoms with van der Waals surface area (Å²) in [7, 11) is 0. The number of rotatable bonds is 1. The number of anilines is 5. The van der Waals surface area contributed by atoms with Gasteiger partial charge in [0.15, 0.2) is 0 Å². The molecule has 12 N–H and O–H groups in total. The molecule has 6 heteroatoms. The second kappa shape index (κ2) is 3.09. The summed E-state index contributed by atoms with van der Waals surface area (Å²) < 4.78 is 0. The van der Waals surface area contributed by atoms with Crippen LogP contribution in [0, 0.1) is 0 Å². The van der Waals surface area contributed by atoms with Gasteiger partial charge in [-0.25, -0.2) is 0 Å². The molecule has 0 heterocycles. The Morgan fingerprint density at radius 1 is 0.667 bits per heavy atom. The van der Waals surface area contributed by atoms with E-state index < -0.39 is 5.54 Å². The van der Waals surface area contributed by atoms with Crippen LogP contribution >= 0.6 is 0 Å². The predicted molar refractivity (Wildman–Crippen MR) is 65.7 cm³/mol. The van der Waals surface area contributed by atoms with Crippen LogP contribution in [0.25, 0.3) is 0 Å². The topological polar surface area (TPSA) is 156 Å². The van der Waals surface area contributed by atoms with Crippen molar-refractivity contribution >= 4 is 28.4 Å². The standard InChI is InChI=1S/C9H18N6/c1-9(2,15)3-4(10)6(12)8(14)7(13)5(3)11/h10-15H2,1-2H3. The Labute approximate surface area is 88.6 Å². The molecule has 0 bridgehead atoms. The molecule has 0 radical (unpaired) electrons. The van der Waals surface area contributed by atoms with Crippen molar-refractivity contribution in [1.82, 2.24) is 0 Å². The summed E-state index contributed by atoms with van der Waals surface area (Å²) in [4.78, 5) is 0. The van der Waals surface area contributed by atoms with E-state index in [2.05, 4.69) is 0 Å². The lowest BCUT2D eigenvalue weighted by Gasteiger charge is -2.26. The van der Waals surface area contributed by atoms with Gasteiger partial charge in [-0.3, -0.25) is 0 Å². The van der Waals surface area contributed by atoms with Gasteiger partial charge in [-0.1, -0.05) is 0 Å². The first-order valence-electron chi connectivity index (χ1n) is 4.48. The zero-order valence-electron chi connectivity index (χ0n) is 8.96. The largest absolute Gasteiger partial charge is 0.397 e. The summed E-state index contributed by atoms with van der Waals surface area (Å²) >= 11 is 0. The van der Waals surface area contributed by atoms with Crippen LogP contribution in [0.3, 0.4) is 0 Å². The van der Waals surface area contributed by atoms with Gasteiger partial charge in [0.25, 0.3) is 0 Å². The van der Waals surface area contributed by atoms with E-state index in [1.54, 1.807) is 13.8 Å². The number of nitrogens with two attached hydrogens (primary N) is 6. The molecule has 0 amide bonds. The molecular weight excluding hydrogens is 192 g/mol. The minimum absolute atomic E-state index is 0.206. The molecule has 15 heavy (non-hydrogen) atoms. The molecule has 0 unspecified atom stereocenters. The minimum atomic E-state index is -0.718. The first kappa shape index (κ1) is 11.3. The first-order chi connectivity index (χ1) is 6.68. The summed E-state index contributed by atoms with van der Waals surface area (Å²) in [5.41, 5.74) is 35.7. The molecule has 84 valence electrons. The maximum Gasteiger partial charge on any atom is 0.0824 e. The Kier molecular flexibility index (Phi) is 2.32. The first-order valence-corrected chi connectivity index (χ1v) is 4.48. The van der Waals surface area contributed by atoms with Crippen LogP contribution in [0.2, 0.25) is 0 Å². The summed E-state index contributed by atoms with van der Waals surface area (Å²) in [6.07, 6.45) is 0. The zero-order chi connectivity index (χ0) is 12.0. The highest BCUT2D eigenvalue weighted by atomic mass is 14.8. The van der Waals surface area contributed by atoms with Crippen LogP contribution in [0.1, 0.15) is 19.4 Å². The smallest absolute Gasteiger partial charge is 0.0824 e. The lowest BCUT2D eigenvalue weighted by molar-refractivity contribution is 0.559. The monoisotopic (exact) mass is 210 g/mol. The molecule has 0 saturated heterocycles. The molecule has 0 aliphatic rings. The second-order valence-electron chi connectivity index (χ2n) is 4.17. The fraction of sp³-hybridized carbons (Fsp3) is 0.333. The molecule has 6 nitrogen and oxygen atoms in total. The fourth-order valence-corrected chi connectivity index (χ4v) is 1.54. The van der Waals surface area contributed by atoms with E-state index in [1.807, 2.05) is 0 Å². The Bertz CT molecular complexity index is 375. The van der Waals surface area contributed by atoms with Gasteiger partial charge in [0, 0.05) is 11.1 Å². The van der Waals surface area contributed by atoms with Crippen molar-refractivity contribution < 1.29 is 0 Å². The number of hydrogen-bond donors (Lipinski definition) is 6. The highest BCUT2D eigenvalue weighted by Crippen LogP contribution is 2.42. The average molecular weight is 210 g/mol. The maximum atomic E-state index is 5.93. The number of benzene rings is 1. The van der Waals surface area contributed by atoms with Gasteiger partial charge >= 0.3 is 0 Å². The van der Waals surface area contributed by atoms with Crippen molar-refractivity contribution in [1.29, 1.82) is 0 Å². The highest BCUT2D eigenvalue weighted by Gasteiger charge is 2.25. The third-order valence-corrected chi connectivity index (χ3v) is 2.34. The number of nitrogen functional groups attached to an aromatic ring is 5. The summed E-state index contributed by atoms with van der Waals surface area (Å²) in [6.45, 7) is 3.54. The van der Waals surface area contributed by atoms with Gasteiger partial charge in [0.1, 0.15) is 0 Å². The van der Waals surface area contributed by atoms with E-state index in [4.69, 9.17) is 34.4 Å². The van der Waals surface area contributed by atoms with Crippen molar-refractivity contribution in [3.63, 3.8) is 0 Å². The van der Waals surface area contributed by atoms with E-state index in [1.165, 1.54) is 0 Å². The summed E-state index contributed by atoms with van der Waals surface area (Å²) in [5, 5.41) is 0. The van der Waals surface area contributed by atoms with E-state index in [0.29, 0.717) is 16.9 Å². The van der Waals surface area contributed by atoms with Gasteiger partial charge < -0.3 is 34.4 Å². The van der Waals surface area contributed by atoms with Crippen LogP contribution in [-0.4, -0.2) is 0 Å². The molecule has 0 fully saturated rings. The minimum Gasteiger partial charge on any atom is -0.397 e. The molecule has 0 spiro atoms. The van der Waals surface area contributed by atoms with Crippen molar-refractivity contribution in [2.45, 2.75) is 19.4 Å². The third-order valence-electron chi connectivity index (χ3n) is 2.34. The zero-order valence-corrected chi connectivity index (χ0v) is 8.96. The third kappa shape index (κ3) is 1.59. The van der Waals surface area contributed by atoms with Crippen LogP contribution in [0.15, 0.2) is 0 Å². The molecule has 0 aliphatic heterocycles. The van der Waals surface area contributed by atoms with Gasteiger partial charge in [-0.05, 0) is 13.8 Å².